The number of hydrogen-bond acceptors (Lipinski definition) is 5. The zero-order valence-corrected chi connectivity index (χ0v) is 14.6. The number of aryl methyl sites for hydroxylation is 1. The molecule has 0 saturated heterocycles. The van der Waals surface area contributed by atoms with Crippen molar-refractivity contribution in [2.45, 2.75) is 36.8 Å². The molecule has 1 aromatic carbocycles. The van der Waals surface area contributed by atoms with Gasteiger partial charge in [-0.3, -0.25) is 4.79 Å². The van der Waals surface area contributed by atoms with Gasteiger partial charge in [-0.1, -0.05) is 23.9 Å². The van der Waals surface area contributed by atoms with Crippen molar-refractivity contribution in [3.8, 4) is 6.07 Å². The number of carbonyl (C=O) groups excluding carboxylic acids is 1. The zero-order chi connectivity index (χ0) is 17.6. The summed E-state index contributed by atoms with van der Waals surface area (Å²) in [4.78, 5) is 16.9. The van der Waals surface area contributed by atoms with E-state index in [4.69, 9.17) is 9.68 Å². The number of aromatic nitrogens is 2. The summed E-state index contributed by atoms with van der Waals surface area (Å²) in [6.45, 7) is 2.76. The molecule has 0 fully saturated rings. The molecule has 25 heavy (non-hydrogen) atoms. The minimum absolute atomic E-state index is 0.0831. The number of rotatable bonds is 7. The van der Waals surface area contributed by atoms with Crippen molar-refractivity contribution in [1.82, 2.24) is 14.9 Å². The molecule has 0 saturated carbocycles. The Hall–Kier alpha value is -2.72. The van der Waals surface area contributed by atoms with Crippen molar-refractivity contribution < 1.29 is 9.21 Å². The fraction of sp³-hybridized carbons (Fsp3) is 0.278. The number of nitrogens with zero attached hydrogens (tertiary/aromatic N) is 3. The first kappa shape index (κ1) is 17.1. The Bertz CT molecular complexity index is 896. The molecule has 7 heteroatoms. The number of benzene rings is 1. The second-order valence-electron chi connectivity index (χ2n) is 5.50. The highest BCUT2D eigenvalue weighted by Crippen LogP contribution is 2.27. The maximum Gasteiger partial charge on any atom is 0.233 e. The Balaban J connectivity index is 1.72. The van der Waals surface area contributed by atoms with Gasteiger partial charge in [0, 0.05) is 6.54 Å². The molecule has 0 aliphatic rings. The Morgan fingerprint density at radius 2 is 2.24 bits per heavy atom. The second-order valence-corrected chi connectivity index (χ2v) is 6.81. The lowest BCUT2D eigenvalue weighted by Gasteiger charge is -2.12. The average molecular weight is 354 g/mol. The van der Waals surface area contributed by atoms with Crippen LogP contribution in [0, 0.1) is 11.3 Å². The number of imidazole rings is 1. The predicted molar refractivity (Wildman–Crippen MR) is 95.8 cm³/mol. The topological polar surface area (TPSA) is 83.8 Å². The van der Waals surface area contributed by atoms with Gasteiger partial charge in [0.15, 0.2) is 5.16 Å². The highest BCUT2D eigenvalue weighted by molar-refractivity contribution is 8.00. The van der Waals surface area contributed by atoms with Crippen molar-refractivity contribution in [3.63, 3.8) is 0 Å². The molecular weight excluding hydrogens is 336 g/mol. The van der Waals surface area contributed by atoms with E-state index in [-0.39, 0.29) is 11.2 Å². The summed E-state index contributed by atoms with van der Waals surface area (Å²) in [6.07, 6.45) is 1.98. The van der Waals surface area contributed by atoms with Crippen molar-refractivity contribution >= 4 is 28.7 Å². The Morgan fingerprint density at radius 3 is 3.00 bits per heavy atom. The molecule has 0 unspecified atom stereocenters. The molecule has 0 spiro atoms. The van der Waals surface area contributed by atoms with Crippen molar-refractivity contribution in [2.24, 2.45) is 0 Å². The normalized spacial score (nSPS) is 12.0. The molecule has 0 aliphatic carbocycles. The van der Waals surface area contributed by atoms with Crippen LogP contribution in [0.2, 0.25) is 0 Å². The van der Waals surface area contributed by atoms with Crippen LogP contribution >= 0.6 is 11.8 Å². The monoisotopic (exact) mass is 354 g/mol. The van der Waals surface area contributed by atoms with Gasteiger partial charge in [-0.25, -0.2) is 4.98 Å². The van der Waals surface area contributed by atoms with Crippen LogP contribution in [0.1, 0.15) is 19.1 Å². The molecule has 2 aromatic heterocycles. The van der Waals surface area contributed by atoms with Crippen molar-refractivity contribution in [1.29, 1.82) is 5.26 Å². The van der Waals surface area contributed by atoms with Crippen LogP contribution in [0.25, 0.3) is 11.0 Å². The fourth-order valence-corrected chi connectivity index (χ4v) is 3.44. The lowest BCUT2D eigenvalue weighted by Crippen LogP contribution is -2.30. The fourth-order valence-electron chi connectivity index (χ4n) is 2.46. The highest BCUT2D eigenvalue weighted by Gasteiger charge is 2.19. The highest BCUT2D eigenvalue weighted by atomic mass is 32.2. The molecule has 1 atom stereocenters. The van der Waals surface area contributed by atoms with E-state index in [0.29, 0.717) is 25.3 Å². The van der Waals surface area contributed by atoms with Crippen LogP contribution < -0.4 is 5.32 Å². The molecule has 1 N–H and O–H groups in total. The summed E-state index contributed by atoms with van der Waals surface area (Å²) in [5, 5.41) is 12.2. The van der Waals surface area contributed by atoms with Crippen molar-refractivity contribution in [3.05, 3.63) is 48.4 Å². The third kappa shape index (κ3) is 4.03. The first-order chi connectivity index (χ1) is 12.2. The number of nitriles is 1. The van der Waals surface area contributed by atoms with E-state index in [1.807, 2.05) is 41.8 Å². The maximum absolute atomic E-state index is 12.3. The van der Waals surface area contributed by atoms with E-state index in [2.05, 4.69) is 16.4 Å². The SMILES string of the molecule is C[C@@H](Sc1nc2ccccc2n1CCC#N)C(=O)NCc1ccco1. The van der Waals surface area contributed by atoms with Gasteiger partial charge in [0.1, 0.15) is 5.76 Å². The van der Waals surface area contributed by atoms with E-state index >= 15 is 0 Å². The van der Waals surface area contributed by atoms with E-state index in [1.54, 1.807) is 12.3 Å². The van der Waals surface area contributed by atoms with E-state index in [9.17, 15) is 4.79 Å². The molecular formula is C18H18N4O2S. The number of thioether (sulfide) groups is 1. The van der Waals surface area contributed by atoms with Gasteiger partial charge in [-0.2, -0.15) is 5.26 Å². The maximum atomic E-state index is 12.3. The predicted octanol–water partition coefficient (Wildman–Crippen LogP) is 3.34. The molecule has 1 amide bonds. The summed E-state index contributed by atoms with van der Waals surface area (Å²) in [5.74, 6) is 0.632. The van der Waals surface area contributed by atoms with Crippen LogP contribution in [0.3, 0.4) is 0 Å². The quantitative estimate of drug-likeness (QED) is 0.658. The van der Waals surface area contributed by atoms with Gasteiger partial charge >= 0.3 is 0 Å². The molecule has 2 heterocycles. The number of para-hydroxylation sites is 2. The van der Waals surface area contributed by atoms with E-state index in [1.165, 1.54) is 11.8 Å². The zero-order valence-electron chi connectivity index (χ0n) is 13.8. The van der Waals surface area contributed by atoms with Crippen LogP contribution in [0.15, 0.2) is 52.2 Å². The van der Waals surface area contributed by atoms with Crippen LogP contribution in [0.5, 0.6) is 0 Å². The average Bonchev–Trinajstić information content (AvgIpc) is 3.25. The van der Waals surface area contributed by atoms with Gasteiger partial charge in [-0.15, -0.1) is 0 Å². The van der Waals surface area contributed by atoms with Crippen molar-refractivity contribution in [2.75, 3.05) is 0 Å². The molecule has 0 radical (unpaired) electrons. The third-order valence-corrected chi connectivity index (χ3v) is 4.83. The number of fused-ring (bicyclic) bond motifs is 1. The minimum Gasteiger partial charge on any atom is -0.467 e. The number of hydrogen-bond donors (Lipinski definition) is 1. The summed E-state index contributed by atoms with van der Waals surface area (Å²) in [6, 6.07) is 13.6. The molecule has 0 aliphatic heterocycles. The number of amides is 1. The van der Waals surface area contributed by atoms with Gasteiger partial charge in [0.05, 0.1) is 41.6 Å². The van der Waals surface area contributed by atoms with Crippen LogP contribution in [-0.2, 0) is 17.9 Å². The number of carbonyl (C=O) groups is 1. The molecule has 3 aromatic rings. The van der Waals surface area contributed by atoms with E-state index in [0.717, 1.165) is 16.2 Å². The van der Waals surface area contributed by atoms with Gasteiger partial charge in [0.25, 0.3) is 0 Å². The van der Waals surface area contributed by atoms with Gasteiger partial charge in [-0.05, 0) is 31.2 Å². The molecule has 3 rings (SSSR count). The molecule has 6 nitrogen and oxygen atoms in total. The minimum atomic E-state index is -0.312. The largest absolute Gasteiger partial charge is 0.467 e. The Morgan fingerprint density at radius 1 is 1.40 bits per heavy atom. The Labute approximate surface area is 149 Å². The third-order valence-electron chi connectivity index (χ3n) is 3.74. The first-order valence-electron chi connectivity index (χ1n) is 7.98. The first-order valence-corrected chi connectivity index (χ1v) is 8.86. The number of furan rings is 1. The summed E-state index contributed by atoms with van der Waals surface area (Å²) in [7, 11) is 0. The summed E-state index contributed by atoms with van der Waals surface area (Å²) < 4.78 is 7.22. The summed E-state index contributed by atoms with van der Waals surface area (Å²) in [5.41, 5.74) is 1.84. The lowest BCUT2D eigenvalue weighted by atomic mass is 10.3. The Kier molecular flexibility index (Phi) is 5.41. The van der Waals surface area contributed by atoms with E-state index < -0.39 is 0 Å². The van der Waals surface area contributed by atoms with Gasteiger partial charge in [0.2, 0.25) is 5.91 Å². The summed E-state index contributed by atoms with van der Waals surface area (Å²) >= 11 is 1.39. The number of nitrogens with one attached hydrogen (secondary N) is 1. The smallest absolute Gasteiger partial charge is 0.233 e. The van der Waals surface area contributed by atoms with Crippen LogP contribution in [-0.4, -0.2) is 20.7 Å². The standard InChI is InChI=1S/C18H18N4O2S/c1-13(17(23)20-12-14-6-4-11-24-14)25-18-21-15-7-2-3-8-16(15)22(18)10-5-9-19/h2-4,6-8,11,13H,5,10,12H2,1H3,(H,20,23)/t13-/m1/s1. The lowest BCUT2D eigenvalue weighted by molar-refractivity contribution is -0.120. The molecule has 128 valence electrons. The van der Waals surface area contributed by atoms with Crippen LogP contribution in [0.4, 0.5) is 0 Å². The molecule has 0 bridgehead atoms. The van der Waals surface area contributed by atoms with Gasteiger partial charge < -0.3 is 14.3 Å². The second kappa shape index (κ2) is 7.90.